The lowest BCUT2D eigenvalue weighted by Gasteiger charge is -2.37. The summed E-state index contributed by atoms with van der Waals surface area (Å²) >= 11 is 0. The average molecular weight is 1960 g/mol. The molecule has 0 unspecified atom stereocenters. The highest BCUT2D eigenvalue weighted by Crippen LogP contribution is 2.47. The van der Waals surface area contributed by atoms with E-state index in [1.165, 1.54) is 18.6 Å². The first-order chi connectivity index (χ1) is 66.6. The molecule has 144 heavy (non-hydrogen) atoms. The standard InChI is InChI=1S/3C39H47B2F3N2O2/c3*1-24-18-28(5)34(29(6)19-24)40(35-30(7)20-25(2)21-31(35)8)45-22-32(39(42,43)44)16-17-33(45)23-46(36-26(3)14-13-15-27(36)4)41-47-37(9,10)38(11,12)48-41/h3*13-23H,1-12H3/b3*33-23+. The van der Waals surface area contributed by atoms with Crippen LogP contribution in [0.3, 0.4) is 0 Å². The van der Waals surface area contributed by atoms with Gasteiger partial charge in [-0.15, -0.1) is 0 Å². The Kier molecular flexibility index (Phi) is 31.4. The number of nitrogens with zero attached hydrogens (tertiary/aromatic N) is 6. The van der Waals surface area contributed by atoms with Crippen molar-refractivity contribution in [3.63, 3.8) is 0 Å². The normalized spacial score (nSPS) is 18.1. The number of anilines is 3. The molecule has 3 saturated heterocycles. The van der Waals surface area contributed by atoms with E-state index in [9.17, 15) is 39.5 Å². The molecule has 0 amide bonds. The van der Waals surface area contributed by atoms with Gasteiger partial charge in [-0.1, -0.05) is 228 Å². The van der Waals surface area contributed by atoms with E-state index in [-0.39, 0.29) is 0 Å². The third-order valence-electron chi connectivity index (χ3n) is 30.2. The second-order valence-electron chi connectivity index (χ2n) is 43.8. The molecule has 9 aromatic rings. The molecule has 3 fully saturated rings. The minimum Gasteiger partial charge on any atom is -0.384 e. The van der Waals surface area contributed by atoms with Gasteiger partial charge < -0.3 is 56.8 Å². The summed E-state index contributed by atoms with van der Waals surface area (Å²) in [5, 5.41) is 0. The molecule has 6 aliphatic rings. The van der Waals surface area contributed by atoms with Gasteiger partial charge in [-0.3, -0.25) is 0 Å². The molecule has 0 N–H and O–H groups in total. The van der Waals surface area contributed by atoms with Crippen LogP contribution in [-0.2, 0) is 27.9 Å². The van der Waals surface area contributed by atoms with Crippen molar-refractivity contribution in [2.75, 3.05) is 14.4 Å². The maximum absolute atomic E-state index is 14.6. The highest BCUT2D eigenvalue weighted by atomic mass is 19.4. The lowest BCUT2D eigenvalue weighted by atomic mass is 9.45. The monoisotopic (exact) mass is 1960 g/mol. The fraction of sp³-hybridized carbons (Fsp3) is 0.385. The first-order valence-electron chi connectivity index (χ1n) is 49.6. The molecule has 6 heterocycles. The summed E-state index contributed by atoms with van der Waals surface area (Å²) in [6.07, 6.45) is 4.03. The molecule has 756 valence electrons. The van der Waals surface area contributed by atoms with Crippen LogP contribution in [0.25, 0.3) is 0 Å². The van der Waals surface area contributed by atoms with Crippen LogP contribution >= 0.6 is 0 Å². The minimum atomic E-state index is -4.54. The summed E-state index contributed by atoms with van der Waals surface area (Å²) in [5.74, 6) is 0. The van der Waals surface area contributed by atoms with Crippen LogP contribution in [0.1, 0.15) is 217 Å². The van der Waals surface area contributed by atoms with Crippen molar-refractivity contribution in [3.05, 3.63) is 368 Å². The minimum absolute atomic E-state index is 0.558. The third kappa shape index (κ3) is 22.6. The van der Waals surface area contributed by atoms with Crippen molar-refractivity contribution >= 4 is 92.1 Å². The fourth-order valence-electron chi connectivity index (χ4n) is 21.6. The predicted octanol–water partition coefficient (Wildman–Crippen LogP) is 25.5. The maximum Gasteiger partial charge on any atom is 0.598 e. The van der Waals surface area contributed by atoms with Crippen molar-refractivity contribution < 1.29 is 67.4 Å². The van der Waals surface area contributed by atoms with E-state index < -0.39 is 111 Å². The Bertz CT molecular complexity index is 5740. The van der Waals surface area contributed by atoms with Gasteiger partial charge in [0.05, 0.1) is 50.3 Å². The number of halogens is 9. The Morgan fingerprint density at radius 3 is 0.521 bits per heavy atom. The average Bonchev–Trinajstić information content (AvgIpc) is 1.56. The first-order valence-corrected chi connectivity index (χ1v) is 49.6. The Morgan fingerprint density at radius 1 is 0.236 bits per heavy atom. The number of para-hydroxylation sites is 3. The maximum atomic E-state index is 14.6. The van der Waals surface area contributed by atoms with Crippen LogP contribution in [0.4, 0.5) is 56.6 Å². The molecule has 0 spiro atoms. The van der Waals surface area contributed by atoms with Crippen LogP contribution < -0.4 is 47.2 Å². The summed E-state index contributed by atoms with van der Waals surface area (Å²) in [6, 6.07) is 43.5. The fourth-order valence-corrected chi connectivity index (χ4v) is 21.6. The first kappa shape index (κ1) is 110. The van der Waals surface area contributed by atoms with E-state index in [1.54, 1.807) is 32.7 Å². The van der Waals surface area contributed by atoms with E-state index in [0.29, 0.717) is 17.1 Å². The lowest BCUT2D eigenvalue weighted by Crippen LogP contribution is -2.58. The summed E-state index contributed by atoms with van der Waals surface area (Å²) < 4.78 is 171. The molecule has 0 saturated carbocycles. The second-order valence-corrected chi connectivity index (χ2v) is 43.8. The molecule has 0 atom stereocenters. The summed E-state index contributed by atoms with van der Waals surface area (Å²) in [6.45, 7) is 71.3. The topological polar surface area (TPSA) is 74.8 Å². The molecule has 0 radical (unpaired) electrons. The van der Waals surface area contributed by atoms with Gasteiger partial charge in [-0.05, 0) is 352 Å². The molecule has 12 nitrogen and oxygen atoms in total. The molecular weight excluding hydrogens is 1820 g/mol. The SMILES string of the molecule is Cc1cc(C)c(B(c2c(C)cc(C)cc2C)N2C=C(C(F)(F)F)C=C/C2=C\N(B2OC(C)(C)C(C)(C)O2)c2c(C)cccc2C)c(C)c1.Cc1cc(C)c(B(c2c(C)cc(C)cc2C)N2C=C(C(F)(F)F)C=C/C2=C\N(B2OC(C)(C)C(C)(C)O2)c2c(C)cccc2C)c(C)c1.Cc1cc(C)c(B(c2c(C)cc(C)cc2C)N2C=C(C(F)(F)F)C=C/C2=C\N(B2OC(C)(C)C(C)(C)O2)c2c(C)cccc2C)c(C)c1. The van der Waals surface area contributed by atoms with Crippen LogP contribution in [0.2, 0.25) is 0 Å². The highest BCUT2D eigenvalue weighted by Gasteiger charge is 2.59. The molecule has 27 heteroatoms. The Morgan fingerprint density at radius 2 is 0.382 bits per heavy atom. The van der Waals surface area contributed by atoms with Crippen LogP contribution in [0, 0.1) is 166 Å². The number of alkyl halides is 9. The summed E-state index contributed by atoms with van der Waals surface area (Å²) in [7, 11) is -2.47. The van der Waals surface area contributed by atoms with Gasteiger partial charge in [0.2, 0.25) is 0 Å². The third-order valence-corrected chi connectivity index (χ3v) is 30.2. The van der Waals surface area contributed by atoms with E-state index in [4.69, 9.17) is 27.9 Å². The van der Waals surface area contributed by atoms with E-state index in [1.807, 2.05) is 337 Å². The Balaban J connectivity index is 0.000000181. The van der Waals surface area contributed by atoms with E-state index in [2.05, 4.69) is 72.8 Å². The largest absolute Gasteiger partial charge is 0.598 e. The molecule has 0 bridgehead atoms. The van der Waals surface area contributed by atoms with Crippen LogP contribution in [-0.4, -0.2) is 109 Å². The summed E-state index contributed by atoms with van der Waals surface area (Å²) in [4.78, 5) is 11.2. The summed E-state index contributed by atoms with van der Waals surface area (Å²) in [5.41, 5.74) is 29.1. The second kappa shape index (κ2) is 41.0. The molecule has 9 aromatic carbocycles. The van der Waals surface area contributed by atoms with Crippen molar-refractivity contribution in [2.45, 2.75) is 301 Å². The smallest absolute Gasteiger partial charge is 0.384 e. The Hall–Kier alpha value is -11.0. The van der Waals surface area contributed by atoms with E-state index in [0.717, 1.165) is 202 Å². The Labute approximate surface area is 853 Å². The molecular formula is C117H141B6F9N6O6. The van der Waals surface area contributed by atoms with Gasteiger partial charge in [0, 0.05) is 71.4 Å². The number of allylic oxidation sites excluding steroid dienone is 9. The van der Waals surface area contributed by atoms with Gasteiger partial charge in [0.15, 0.2) is 0 Å². The van der Waals surface area contributed by atoms with Crippen molar-refractivity contribution in [1.82, 2.24) is 14.4 Å². The highest BCUT2D eigenvalue weighted by molar-refractivity contribution is 6.86. The van der Waals surface area contributed by atoms with Crippen molar-refractivity contribution in [1.29, 1.82) is 0 Å². The van der Waals surface area contributed by atoms with Gasteiger partial charge in [0.1, 0.15) is 0 Å². The number of aryl methyl sites for hydroxylation is 24. The van der Waals surface area contributed by atoms with Crippen molar-refractivity contribution in [3.8, 4) is 0 Å². The van der Waals surface area contributed by atoms with E-state index >= 15 is 0 Å². The van der Waals surface area contributed by atoms with Gasteiger partial charge in [0.25, 0.3) is 0 Å². The van der Waals surface area contributed by atoms with Gasteiger partial charge >= 0.3 is 60.8 Å². The molecule has 0 aromatic heterocycles. The zero-order chi connectivity index (χ0) is 107. The molecule has 6 aliphatic heterocycles. The van der Waals surface area contributed by atoms with Gasteiger partial charge in [-0.2, -0.15) is 39.5 Å². The number of rotatable bonds is 18. The number of hydrogen-bond acceptors (Lipinski definition) is 12. The molecule has 15 rings (SSSR count). The van der Waals surface area contributed by atoms with Crippen LogP contribution in [0.15, 0.2) is 235 Å². The van der Waals surface area contributed by atoms with Crippen LogP contribution in [0.5, 0.6) is 0 Å². The van der Waals surface area contributed by atoms with Crippen molar-refractivity contribution in [2.24, 2.45) is 0 Å². The zero-order valence-electron chi connectivity index (χ0n) is 91.1. The van der Waals surface area contributed by atoms with Gasteiger partial charge in [-0.25, -0.2) is 0 Å². The number of hydrogen-bond donors (Lipinski definition) is 0. The quantitative estimate of drug-likeness (QED) is 0.0607. The lowest BCUT2D eigenvalue weighted by molar-refractivity contribution is -0.0899. The number of benzene rings is 9. The zero-order valence-corrected chi connectivity index (χ0v) is 91.1. The molecule has 0 aliphatic carbocycles. The predicted molar refractivity (Wildman–Crippen MR) is 582 cm³/mol.